The maximum absolute atomic E-state index is 11.9. The molecule has 7 nitrogen and oxygen atoms in total. The van der Waals surface area contributed by atoms with Crippen LogP contribution in [-0.2, 0) is 14.3 Å². The Bertz CT molecular complexity index is 542. The molecule has 1 aromatic carbocycles. The van der Waals surface area contributed by atoms with Crippen LogP contribution in [0.1, 0.15) is 6.42 Å². The summed E-state index contributed by atoms with van der Waals surface area (Å²) in [5.41, 5.74) is 0.430. The molecule has 0 spiro atoms. The van der Waals surface area contributed by atoms with E-state index >= 15 is 0 Å². The van der Waals surface area contributed by atoms with Gasteiger partial charge in [0.05, 0.1) is 36.3 Å². The normalized spacial score (nSPS) is 12.0. The van der Waals surface area contributed by atoms with Gasteiger partial charge in [0, 0.05) is 12.2 Å². The zero-order valence-corrected chi connectivity index (χ0v) is 13.7. The van der Waals surface area contributed by atoms with E-state index in [1.165, 1.54) is 12.1 Å². The second kappa shape index (κ2) is 10.4. The molecule has 0 fully saturated rings. The van der Waals surface area contributed by atoms with Crippen molar-refractivity contribution in [2.24, 2.45) is 0 Å². The van der Waals surface area contributed by atoms with Crippen molar-refractivity contribution < 1.29 is 24.5 Å². The molecule has 1 amide bonds. The number of ether oxygens (including phenoxy) is 1. The first-order valence-electron chi connectivity index (χ1n) is 6.83. The van der Waals surface area contributed by atoms with E-state index in [0.29, 0.717) is 15.7 Å². The van der Waals surface area contributed by atoms with Crippen LogP contribution in [-0.4, -0.2) is 54.5 Å². The minimum absolute atomic E-state index is 0.103. The molecular weight excluding hydrogens is 347 g/mol. The fraction of sp³-hybridized carbons (Fsp3) is 0.429. The van der Waals surface area contributed by atoms with Crippen molar-refractivity contribution in [1.29, 1.82) is 0 Å². The Balaban J connectivity index is 2.47. The number of hydrogen-bond donors (Lipinski definition) is 4. The highest BCUT2D eigenvalue weighted by Gasteiger charge is 2.20. The molecule has 1 unspecified atom stereocenters. The van der Waals surface area contributed by atoms with Gasteiger partial charge in [-0.05, 0) is 18.2 Å². The molecule has 0 aromatic heterocycles. The van der Waals surface area contributed by atoms with Crippen LogP contribution < -0.4 is 10.6 Å². The number of aliphatic hydroxyl groups is 1. The summed E-state index contributed by atoms with van der Waals surface area (Å²) in [5.74, 6) is -1.61. The number of benzene rings is 1. The minimum atomic E-state index is -1.14. The van der Waals surface area contributed by atoms with Crippen molar-refractivity contribution >= 4 is 40.8 Å². The zero-order valence-electron chi connectivity index (χ0n) is 12.2. The summed E-state index contributed by atoms with van der Waals surface area (Å²) in [4.78, 5) is 23.0. The van der Waals surface area contributed by atoms with E-state index in [1.54, 1.807) is 6.07 Å². The molecule has 1 rings (SSSR count). The van der Waals surface area contributed by atoms with Gasteiger partial charge in [-0.15, -0.1) is 0 Å². The van der Waals surface area contributed by atoms with Gasteiger partial charge >= 0.3 is 5.97 Å². The maximum Gasteiger partial charge on any atom is 0.321 e. The Hall–Kier alpha value is -1.38. The lowest BCUT2D eigenvalue weighted by atomic mass is 10.2. The highest BCUT2D eigenvalue weighted by Crippen LogP contribution is 2.25. The number of nitrogens with one attached hydrogen (secondary N) is 2. The Labute approximate surface area is 143 Å². The van der Waals surface area contributed by atoms with Crippen LogP contribution in [0.4, 0.5) is 5.69 Å². The van der Waals surface area contributed by atoms with Gasteiger partial charge in [-0.25, -0.2) is 0 Å². The molecule has 0 bridgehead atoms. The lowest BCUT2D eigenvalue weighted by Gasteiger charge is -2.14. The minimum Gasteiger partial charge on any atom is -0.480 e. The van der Waals surface area contributed by atoms with Crippen molar-refractivity contribution in [3.63, 3.8) is 0 Å². The molecule has 9 heteroatoms. The van der Waals surface area contributed by atoms with E-state index in [1.807, 2.05) is 0 Å². The van der Waals surface area contributed by atoms with E-state index in [2.05, 4.69) is 10.6 Å². The number of halogens is 2. The number of amides is 1. The molecule has 1 atom stereocenters. The van der Waals surface area contributed by atoms with Gasteiger partial charge < -0.3 is 25.6 Å². The Morgan fingerprint density at radius 2 is 1.96 bits per heavy atom. The Kier molecular flexibility index (Phi) is 8.90. The summed E-state index contributed by atoms with van der Waals surface area (Å²) < 4.78 is 5.00. The first kappa shape index (κ1) is 19.7. The molecule has 0 aliphatic heterocycles. The average Bonchev–Trinajstić information content (AvgIpc) is 2.49. The first-order valence-corrected chi connectivity index (χ1v) is 7.59. The molecule has 128 valence electrons. The fourth-order valence-corrected chi connectivity index (χ4v) is 1.99. The van der Waals surface area contributed by atoms with E-state index < -0.39 is 17.9 Å². The van der Waals surface area contributed by atoms with Gasteiger partial charge in [-0.3, -0.25) is 9.59 Å². The van der Waals surface area contributed by atoms with Crippen LogP contribution in [0.3, 0.4) is 0 Å². The summed E-state index contributed by atoms with van der Waals surface area (Å²) in [6, 6.07) is 3.53. The largest absolute Gasteiger partial charge is 0.480 e. The fourth-order valence-electron chi connectivity index (χ4n) is 1.69. The predicted molar refractivity (Wildman–Crippen MR) is 87.0 cm³/mol. The SMILES string of the molecule is O=C(CC(NCCOCCO)C(=O)O)Nc1ccc(Cl)c(Cl)c1. The molecule has 0 aliphatic carbocycles. The molecule has 23 heavy (non-hydrogen) atoms. The quantitative estimate of drug-likeness (QED) is 0.467. The number of carboxylic acid groups (broad SMARTS) is 1. The lowest BCUT2D eigenvalue weighted by molar-refractivity contribution is -0.141. The van der Waals surface area contributed by atoms with Crippen molar-refractivity contribution in [3.8, 4) is 0 Å². The number of carboxylic acids is 1. The van der Waals surface area contributed by atoms with Crippen molar-refractivity contribution in [2.75, 3.05) is 31.7 Å². The zero-order chi connectivity index (χ0) is 17.2. The number of aliphatic hydroxyl groups excluding tert-OH is 1. The molecule has 1 aromatic rings. The van der Waals surface area contributed by atoms with E-state index in [-0.39, 0.29) is 32.8 Å². The van der Waals surface area contributed by atoms with Crippen molar-refractivity contribution in [1.82, 2.24) is 5.32 Å². The van der Waals surface area contributed by atoms with Gasteiger partial charge in [0.25, 0.3) is 0 Å². The molecule has 0 radical (unpaired) electrons. The number of rotatable bonds is 10. The summed E-state index contributed by atoms with van der Waals surface area (Å²) >= 11 is 11.6. The first-order chi connectivity index (χ1) is 10.9. The number of anilines is 1. The summed E-state index contributed by atoms with van der Waals surface area (Å²) in [5, 5.41) is 23.6. The molecule has 0 heterocycles. The van der Waals surface area contributed by atoms with E-state index in [0.717, 1.165) is 0 Å². The van der Waals surface area contributed by atoms with Crippen molar-refractivity contribution in [3.05, 3.63) is 28.2 Å². The summed E-state index contributed by atoms with van der Waals surface area (Å²) in [7, 11) is 0. The second-order valence-corrected chi connectivity index (χ2v) is 5.38. The molecule has 0 saturated carbocycles. The Morgan fingerprint density at radius 1 is 1.22 bits per heavy atom. The molecule has 0 saturated heterocycles. The van der Waals surface area contributed by atoms with Crippen LogP contribution in [0, 0.1) is 0 Å². The maximum atomic E-state index is 11.9. The van der Waals surface area contributed by atoms with Crippen LogP contribution >= 0.6 is 23.2 Å². The van der Waals surface area contributed by atoms with Gasteiger partial charge in [0.2, 0.25) is 5.91 Å². The monoisotopic (exact) mass is 364 g/mol. The average molecular weight is 365 g/mol. The van der Waals surface area contributed by atoms with Gasteiger partial charge in [0.15, 0.2) is 0 Å². The number of hydrogen-bond acceptors (Lipinski definition) is 5. The molecule has 4 N–H and O–H groups in total. The number of carbonyl (C=O) groups is 2. The number of aliphatic carboxylic acids is 1. The topological polar surface area (TPSA) is 108 Å². The lowest BCUT2D eigenvalue weighted by Crippen LogP contribution is -2.41. The van der Waals surface area contributed by atoms with Gasteiger partial charge in [-0.1, -0.05) is 23.2 Å². The summed E-state index contributed by atoms with van der Waals surface area (Å²) in [6.07, 6.45) is -0.254. The van der Waals surface area contributed by atoms with E-state index in [9.17, 15) is 9.59 Å². The smallest absolute Gasteiger partial charge is 0.321 e. The van der Waals surface area contributed by atoms with Crippen LogP contribution in [0.25, 0.3) is 0 Å². The van der Waals surface area contributed by atoms with Gasteiger partial charge in [0.1, 0.15) is 6.04 Å². The predicted octanol–water partition coefficient (Wildman–Crippen LogP) is 1.37. The van der Waals surface area contributed by atoms with E-state index in [4.69, 9.17) is 38.2 Å². The standard InChI is InChI=1S/C14H18Cl2N2O5/c15-10-2-1-9(7-11(10)16)18-13(20)8-12(14(21)22)17-3-5-23-6-4-19/h1-2,7,12,17,19H,3-6,8H2,(H,18,20)(H,21,22). The highest BCUT2D eigenvalue weighted by atomic mass is 35.5. The van der Waals surface area contributed by atoms with Crippen molar-refractivity contribution in [2.45, 2.75) is 12.5 Å². The number of carbonyl (C=O) groups excluding carboxylic acids is 1. The third-order valence-electron chi connectivity index (χ3n) is 2.76. The molecule has 0 aliphatic rings. The third kappa shape index (κ3) is 7.62. The molecular formula is C14H18Cl2N2O5. The van der Waals surface area contributed by atoms with Crippen LogP contribution in [0.15, 0.2) is 18.2 Å². The second-order valence-electron chi connectivity index (χ2n) is 4.56. The van der Waals surface area contributed by atoms with Gasteiger partial charge in [-0.2, -0.15) is 0 Å². The van der Waals surface area contributed by atoms with Crippen LogP contribution in [0.5, 0.6) is 0 Å². The van der Waals surface area contributed by atoms with Crippen LogP contribution in [0.2, 0.25) is 10.0 Å². The summed E-state index contributed by atoms with van der Waals surface area (Å²) in [6.45, 7) is 0.557. The Morgan fingerprint density at radius 3 is 2.57 bits per heavy atom. The third-order valence-corrected chi connectivity index (χ3v) is 3.50. The highest BCUT2D eigenvalue weighted by molar-refractivity contribution is 6.42.